The van der Waals surface area contributed by atoms with E-state index in [1.165, 1.54) is 19.3 Å². The van der Waals surface area contributed by atoms with Gasteiger partial charge >= 0.3 is 6.03 Å². The van der Waals surface area contributed by atoms with Crippen molar-refractivity contribution in [1.29, 1.82) is 0 Å². The molecule has 3 heterocycles. The molecule has 0 aromatic carbocycles. The predicted molar refractivity (Wildman–Crippen MR) is 95.5 cm³/mol. The number of carbonyl (C=O) groups is 1. The summed E-state index contributed by atoms with van der Waals surface area (Å²) < 4.78 is 1.63. The molecule has 2 aromatic rings. The van der Waals surface area contributed by atoms with Crippen LogP contribution in [0.5, 0.6) is 0 Å². The maximum Gasteiger partial charge on any atom is 0.323 e. The van der Waals surface area contributed by atoms with Gasteiger partial charge in [-0.3, -0.25) is 4.68 Å². The van der Waals surface area contributed by atoms with Crippen LogP contribution in [0, 0.1) is 6.92 Å². The Morgan fingerprint density at radius 3 is 2.71 bits per heavy atom. The fraction of sp³-hybridized carbons (Fsp3) is 0.471. The van der Waals surface area contributed by atoms with Gasteiger partial charge in [0.15, 0.2) is 0 Å². The van der Waals surface area contributed by atoms with Gasteiger partial charge in [-0.1, -0.05) is 0 Å². The summed E-state index contributed by atoms with van der Waals surface area (Å²) in [5, 5.41) is 9.58. The van der Waals surface area contributed by atoms with Crippen molar-refractivity contribution in [3.63, 3.8) is 0 Å². The van der Waals surface area contributed by atoms with Crippen molar-refractivity contribution in [3.8, 4) is 0 Å². The van der Waals surface area contributed by atoms with Gasteiger partial charge in [0.1, 0.15) is 5.82 Å². The molecule has 1 aliphatic heterocycles. The number of nitrogens with zero attached hydrogens (tertiary/aromatic N) is 4. The monoisotopic (exact) mass is 328 g/mol. The fourth-order valence-corrected chi connectivity index (χ4v) is 3.13. The highest BCUT2D eigenvalue weighted by atomic mass is 16.2. The molecule has 0 saturated carbocycles. The minimum Gasteiger partial charge on any atom is -0.354 e. The molecular formula is C17H24N6O. The van der Waals surface area contributed by atoms with Crippen molar-refractivity contribution < 1.29 is 4.79 Å². The molecule has 2 N–H and O–H groups in total. The number of nitrogens with one attached hydrogen (secondary N) is 2. The number of pyridine rings is 1. The summed E-state index contributed by atoms with van der Waals surface area (Å²) >= 11 is 0. The first kappa shape index (κ1) is 16.3. The largest absolute Gasteiger partial charge is 0.354 e. The molecule has 24 heavy (non-hydrogen) atoms. The van der Waals surface area contributed by atoms with Gasteiger partial charge in [0.05, 0.1) is 23.8 Å². The number of aryl methyl sites for hydroxylation is 2. The Morgan fingerprint density at radius 1 is 1.25 bits per heavy atom. The lowest BCUT2D eigenvalue weighted by atomic mass is 10.0. The highest BCUT2D eigenvalue weighted by Gasteiger charge is 2.21. The van der Waals surface area contributed by atoms with Gasteiger partial charge in [-0.15, -0.1) is 0 Å². The fourth-order valence-electron chi connectivity index (χ4n) is 3.13. The number of piperidine rings is 1. The summed E-state index contributed by atoms with van der Waals surface area (Å²) in [6.45, 7) is 5.32. The highest BCUT2D eigenvalue weighted by Crippen LogP contribution is 2.27. The minimum atomic E-state index is -0.303. The van der Waals surface area contributed by atoms with Crippen LogP contribution in [-0.2, 0) is 7.05 Å². The minimum absolute atomic E-state index is 0.303. The maximum atomic E-state index is 12.0. The van der Waals surface area contributed by atoms with Crippen LogP contribution >= 0.6 is 0 Å². The van der Waals surface area contributed by atoms with Gasteiger partial charge in [0, 0.05) is 25.8 Å². The summed E-state index contributed by atoms with van der Waals surface area (Å²) in [6.07, 6.45) is 8.75. The molecule has 1 aliphatic rings. The molecule has 7 nitrogen and oxygen atoms in total. The Morgan fingerprint density at radius 2 is 2.04 bits per heavy atom. The van der Waals surface area contributed by atoms with Gasteiger partial charge in [-0.05, 0) is 44.7 Å². The Hall–Kier alpha value is -2.57. The van der Waals surface area contributed by atoms with Crippen LogP contribution in [0.3, 0.4) is 0 Å². The van der Waals surface area contributed by atoms with Gasteiger partial charge in [-0.25, -0.2) is 9.78 Å². The second-order valence-corrected chi connectivity index (χ2v) is 6.38. The Kier molecular flexibility index (Phi) is 4.69. The molecular weight excluding hydrogens is 304 g/mol. The van der Waals surface area contributed by atoms with E-state index in [4.69, 9.17) is 0 Å². The molecule has 3 rings (SSSR count). The van der Waals surface area contributed by atoms with E-state index in [2.05, 4.69) is 32.5 Å². The lowest BCUT2D eigenvalue weighted by Crippen LogP contribution is -2.38. The third kappa shape index (κ3) is 3.67. The normalized spacial score (nSPS) is 17.6. The molecule has 0 spiro atoms. The number of anilines is 3. The molecule has 0 radical (unpaired) electrons. The summed E-state index contributed by atoms with van der Waals surface area (Å²) in [5.74, 6) is 1.01. The lowest BCUT2D eigenvalue weighted by molar-refractivity contribution is 0.262. The van der Waals surface area contributed by atoms with Crippen LogP contribution in [0.1, 0.15) is 31.7 Å². The van der Waals surface area contributed by atoms with E-state index in [-0.39, 0.29) is 6.03 Å². The standard InChI is InChI=1S/C17H24N6O/c1-12-8-14(20-17(24)21-15-10-19-22(3)11-15)9-18-16(12)23-7-5-4-6-13(23)2/h8-11,13H,4-7H2,1-3H3,(H2,20,21,24)/t13-/m0/s1. The van der Waals surface area contributed by atoms with Crippen molar-refractivity contribution in [2.45, 2.75) is 39.2 Å². The molecule has 0 aliphatic carbocycles. The zero-order chi connectivity index (χ0) is 17.1. The van der Waals surface area contributed by atoms with Gasteiger partial charge in [0.2, 0.25) is 0 Å². The van der Waals surface area contributed by atoms with Crippen LogP contribution in [0.4, 0.5) is 22.0 Å². The second-order valence-electron chi connectivity index (χ2n) is 6.38. The van der Waals surface area contributed by atoms with Crippen LogP contribution in [0.15, 0.2) is 24.7 Å². The number of rotatable bonds is 3. The SMILES string of the molecule is Cc1cc(NC(=O)Nc2cnn(C)c2)cnc1N1CCCC[C@@H]1C. The molecule has 7 heteroatoms. The highest BCUT2D eigenvalue weighted by molar-refractivity contribution is 5.99. The van der Waals surface area contributed by atoms with Crippen molar-refractivity contribution in [3.05, 3.63) is 30.2 Å². The zero-order valence-corrected chi connectivity index (χ0v) is 14.4. The summed E-state index contributed by atoms with van der Waals surface area (Å²) in [5.41, 5.74) is 2.41. The molecule has 0 unspecified atom stereocenters. The molecule has 2 amide bonds. The van der Waals surface area contributed by atoms with E-state index in [0.29, 0.717) is 17.4 Å². The van der Waals surface area contributed by atoms with Gasteiger partial charge in [0.25, 0.3) is 0 Å². The third-order valence-corrected chi connectivity index (χ3v) is 4.35. The molecule has 128 valence electrons. The quantitative estimate of drug-likeness (QED) is 0.907. The van der Waals surface area contributed by atoms with E-state index in [1.54, 1.807) is 30.3 Å². The first-order valence-electron chi connectivity index (χ1n) is 8.33. The zero-order valence-electron chi connectivity index (χ0n) is 14.4. The summed E-state index contributed by atoms with van der Waals surface area (Å²) in [7, 11) is 1.80. The molecule has 2 aromatic heterocycles. The molecule has 1 atom stereocenters. The Labute approximate surface area is 142 Å². The van der Waals surface area contributed by atoms with E-state index in [9.17, 15) is 4.79 Å². The smallest absolute Gasteiger partial charge is 0.323 e. The number of amides is 2. The predicted octanol–water partition coefficient (Wildman–Crippen LogP) is 3.15. The average Bonchev–Trinajstić information content (AvgIpc) is 2.93. The van der Waals surface area contributed by atoms with Gasteiger partial charge in [-0.2, -0.15) is 5.10 Å². The number of urea groups is 1. The number of carbonyl (C=O) groups excluding carboxylic acids is 1. The van der Waals surface area contributed by atoms with E-state index in [1.807, 2.05) is 13.0 Å². The van der Waals surface area contributed by atoms with Gasteiger partial charge < -0.3 is 15.5 Å². The summed E-state index contributed by atoms with van der Waals surface area (Å²) in [6, 6.07) is 2.17. The lowest BCUT2D eigenvalue weighted by Gasteiger charge is -2.35. The molecule has 1 saturated heterocycles. The summed E-state index contributed by atoms with van der Waals surface area (Å²) in [4.78, 5) is 19.0. The second kappa shape index (κ2) is 6.90. The van der Waals surface area contributed by atoms with E-state index in [0.717, 1.165) is 17.9 Å². The topological polar surface area (TPSA) is 75.1 Å². The van der Waals surface area contributed by atoms with E-state index >= 15 is 0 Å². The Bertz CT molecular complexity index is 726. The number of hydrogen-bond acceptors (Lipinski definition) is 4. The van der Waals surface area contributed by atoms with E-state index < -0.39 is 0 Å². The Balaban J connectivity index is 1.66. The maximum absolute atomic E-state index is 12.0. The number of hydrogen-bond donors (Lipinski definition) is 2. The van der Waals surface area contributed by atoms with Crippen LogP contribution in [0.25, 0.3) is 0 Å². The average molecular weight is 328 g/mol. The van der Waals surface area contributed by atoms with Crippen LogP contribution in [0.2, 0.25) is 0 Å². The third-order valence-electron chi connectivity index (χ3n) is 4.35. The van der Waals surface area contributed by atoms with Crippen LogP contribution in [-0.4, -0.2) is 33.4 Å². The number of aromatic nitrogens is 3. The van der Waals surface area contributed by atoms with Crippen molar-refractivity contribution in [1.82, 2.24) is 14.8 Å². The van der Waals surface area contributed by atoms with Crippen molar-refractivity contribution in [2.24, 2.45) is 7.05 Å². The van der Waals surface area contributed by atoms with Crippen LogP contribution < -0.4 is 15.5 Å². The first-order valence-corrected chi connectivity index (χ1v) is 8.33. The molecule has 0 bridgehead atoms. The first-order chi connectivity index (χ1) is 11.5. The van der Waals surface area contributed by atoms with Crippen molar-refractivity contribution in [2.75, 3.05) is 22.1 Å². The van der Waals surface area contributed by atoms with Crippen molar-refractivity contribution >= 4 is 23.2 Å². The molecule has 1 fully saturated rings.